The van der Waals surface area contributed by atoms with E-state index in [0.29, 0.717) is 40.1 Å². The molecule has 43 heavy (non-hydrogen) atoms. The highest BCUT2D eigenvalue weighted by molar-refractivity contribution is 8.14. The lowest BCUT2D eigenvalue weighted by Gasteiger charge is -2.34. The molecule has 1 aromatic heterocycles. The van der Waals surface area contributed by atoms with Crippen molar-refractivity contribution >= 4 is 40.4 Å². The summed E-state index contributed by atoms with van der Waals surface area (Å²) in [5, 5.41) is 13.0. The van der Waals surface area contributed by atoms with Crippen LogP contribution in [0.5, 0.6) is 5.75 Å². The lowest BCUT2D eigenvalue weighted by Crippen LogP contribution is -2.39. The van der Waals surface area contributed by atoms with Gasteiger partial charge in [-0.1, -0.05) is 60.6 Å². The number of nitrogens with zero attached hydrogens (tertiary/aromatic N) is 6. The molecule has 0 amide bonds. The molecule has 0 saturated carbocycles. The zero-order chi connectivity index (χ0) is 30.8. The van der Waals surface area contributed by atoms with Crippen molar-refractivity contribution < 1.29 is 31.1 Å². The Bertz CT molecular complexity index is 1640. The predicted molar refractivity (Wildman–Crippen MR) is 154 cm³/mol. The minimum Gasteiger partial charge on any atom is -0.406 e. The highest BCUT2D eigenvalue weighted by Crippen LogP contribution is 2.43. The van der Waals surface area contributed by atoms with Gasteiger partial charge in [-0.2, -0.15) is 18.3 Å². The van der Waals surface area contributed by atoms with E-state index in [2.05, 4.69) is 25.0 Å². The highest BCUT2D eigenvalue weighted by Gasteiger charge is 2.38. The molecule has 1 aliphatic heterocycles. The van der Waals surface area contributed by atoms with Crippen LogP contribution in [0.2, 0.25) is 5.02 Å². The van der Waals surface area contributed by atoms with Gasteiger partial charge in [0, 0.05) is 17.9 Å². The first kappa shape index (κ1) is 30.4. The molecular formula is C28H21ClF6N6OS. The molecule has 1 saturated heterocycles. The second-order valence-corrected chi connectivity index (χ2v) is 10.9. The molecular weight excluding hydrogens is 618 g/mol. The monoisotopic (exact) mass is 638 g/mol. The maximum absolute atomic E-state index is 13.8. The summed E-state index contributed by atoms with van der Waals surface area (Å²) in [4.78, 5) is 5.72. The summed E-state index contributed by atoms with van der Waals surface area (Å²) in [5.74, 6) is 0.787. The molecule has 224 valence electrons. The topological polar surface area (TPSA) is 67.9 Å². The number of thioether (sulfide) groups is 1. The van der Waals surface area contributed by atoms with Crippen LogP contribution < -0.4 is 9.64 Å². The highest BCUT2D eigenvalue weighted by atomic mass is 35.5. The first-order valence-electron chi connectivity index (χ1n) is 12.6. The molecule has 0 aliphatic carbocycles. The van der Waals surface area contributed by atoms with Gasteiger partial charge in [-0.25, -0.2) is 9.67 Å². The second-order valence-electron chi connectivity index (χ2n) is 9.46. The summed E-state index contributed by atoms with van der Waals surface area (Å²) < 4.78 is 83.8. The summed E-state index contributed by atoms with van der Waals surface area (Å²) in [5.41, 5.74) is 0.833. The number of anilines is 1. The quantitative estimate of drug-likeness (QED) is 0.121. The van der Waals surface area contributed by atoms with Crippen LogP contribution in [0.25, 0.3) is 17.1 Å². The molecule has 2 heterocycles. The Balaban J connectivity index is 1.31. The minimum atomic E-state index is -4.78. The fourth-order valence-corrected chi connectivity index (χ4v) is 5.45. The lowest BCUT2D eigenvalue weighted by molar-refractivity contribution is -0.274. The van der Waals surface area contributed by atoms with Crippen LogP contribution in [0.4, 0.5) is 32.0 Å². The van der Waals surface area contributed by atoms with Crippen LogP contribution in [-0.4, -0.2) is 44.8 Å². The zero-order valence-corrected chi connectivity index (χ0v) is 23.7. The van der Waals surface area contributed by atoms with E-state index in [1.54, 1.807) is 24.3 Å². The van der Waals surface area contributed by atoms with E-state index in [9.17, 15) is 26.3 Å². The molecule has 0 radical (unpaired) electrons. The van der Waals surface area contributed by atoms with Crippen LogP contribution in [0.1, 0.15) is 18.1 Å². The van der Waals surface area contributed by atoms with E-state index in [1.807, 2.05) is 6.92 Å². The molecule has 1 unspecified atom stereocenters. The molecule has 1 aliphatic rings. The van der Waals surface area contributed by atoms with Crippen LogP contribution >= 0.6 is 23.4 Å². The van der Waals surface area contributed by atoms with Gasteiger partial charge >= 0.3 is 12.5 Å². The van der Waals surface area contributed by atoms with E-state index in [-0.39, 0.29) is 22.4 Å². The average molecular weight is 639 g/mol. The Morgan fingerprint density at radius 1 is 1.00 bits per heavy atom. The van der Waals surface area contributed by atoms with Gasteiger partial charge in [0.1, 0.15) is 12.1 Å². The third-order valence-corrected chi connectivity index (χ3v) is 7.73. The van der Waals surface area contributed by atoms with Crippen molar-refractivity contribution in [2.45, 2.75) is 19.5 Å². The maximum atomic E-state index is 13.8. The third-order valence-electron chi connectivity index (χ3n) is 6.13. The van der Waals surface area contributed by atoms with Crippen molar-refractivity contribution in [3.8, 4) is 22.8 Å². The Kier molecular flexibility index (Phi) is 8.69. The fraction of sp³-hybridized carbons (Fsp3) is 0.214. The molecule has 15 heteroatoms. The SMILES string of the molecule is CC1CSC(=NN=Cc2ccc(-c3ncn(-c4ccc(OC(F)(F)F)cc4)n3)cc2)N(c2c(Cl)cccc2C(F)(F)F)C1. The van der Waals surface area contributed by atoms with Crippen LogP contribution in [0, 0.1) is 5.92 Å². The minimum absolute atomic E-state index is 0.0275. The number of ether oxygens (including phenoxy) is 1. The van der Waals surface area contributed by atoms with Crippen molar-refractivity contribution in [2.75, 3.05) is 17.2 Å². The number of halogens is 7. The smallest absolute Gasteiger partial charge is 0.406 e. The number of hydrogen-bond acceptors (Lipinski definition) is 6. The molecule has 3 aromatic carbocycles. The molecule has 4 aromatic rings. The van der Waals surface area contributed by atoms with E-state index in [4.69, 9.17) is 11.6 Å². The number of amidine groups is 1. The molecule has 0 spiro atoms. The van der Waals surface area contributed by atoms with Gasteiger partial charge < -0.3 is 9.64 Å². The average Bonchev–Trinajstić information content (AvgIpc) is 3.44. The summed E-state index contributed by atoms with van der Waals surface area (Å²) >= 11 is 7.54. The van der Waals surface area contributed by atoms with Crippen molar-refractivity contribution in [1.82, 2.24) is 14.8 Å². The van der Waals surface area contributed by atoms with Gasteiger partial charge in [0.2, 0.25) is 0 Å². The third kappa shape index (κ3) is 7.49. The van der Waals surface area contributed by atoms with Crippen LogP contribution in [0.15, 0.2) is 83.3 Å². The molecule has 1 atom stereocenters. The molecule has 5 rings (SSSR count). The number of rotatable bonds is 6. The van der Waals surface area contributed by atoms with Gasteiger partial charge in [0.05, 0.1) is 28.2 Å². The van der Waals surface area contributed by atoms with Crippen molar-refractivity contribution in [2.24, 2.45) is 16.1 Å². The molecule has 1 fully saturated rings. The maximum Gasteiger partial charge on any atom is 0.573 e. The second kappa shape index (κ2) is 12.3. The predicted octanol–water partition coefficient (Wildman–Crippen LogP) is 8.08. The van der Waals surface area contributed by atoms with Crippen LogP contribution in [0.3, 0.4) is 0 Å². The standard InChI is InChI=1S/C28H21ClF6N6OS/c1-17-14-40(24-22(27(30,31)32)3-2-4-23(24)29)26(43-15-17)38-37-13-18-5-7-19(8-6-18)25-36-16-41(39-25)20-9-11-21(12-10-20)42-28(33,34)35/h2-13,16-17H,14-15H2,1H3. The zero-order valence-electron chi connectivity index (χ0n) is 22.1. The Morgan fingerprint density at radius 2 is 1.72 bits per heavy atom. The molecule has 0 N–H and O–H groups in total. The van der Waals surface area contributed by atoms with E-state index >= 15 is 0 Å². The first-order valence-corrected chi connectivity index (χ1v) is 14.0. The van der Waals surface area contributed by atoms with Crippen molar-refractivity contribution in [1.29, 1.82) is 0 Å². The first-order chi connectivity index (χ1) is 20.4. The van der Waals surface area contributed by atoms with Gasteiger partial charge in [0.25, 0.3) is 0 Å². The van der Waals surface area contributed by atoms with Crippen LogP contribution in [-0.2, 0) is 6.18 Å². The fourth-order valence-electron chi connectivity index (χ4n) is 4.21. The number of alkyl halides is 6. The summed E-state index contributed by atoms with van der Waals surface area (Å²) in [6, 6.07) is 15.9. The lowest BCUT2D eigenvalue weighted by atomic mass is 10.1. The van der Waals surface area contributed by atoms with E-state index in [1.165, 1.54) is 70.3 Å². The van der Waals surface area contributed by atoms with Gasteiger partial charge in [-0.3, -0.25) is 0 Å². The van der Waals surface area contributed by atoms with Crippen molar-refractivity contribution in [3.63, 3.8) is 0 Å². The number of aromatic nitrogens is 3. The largest absolute Gasteiger partial charge is 0.573 e. The van der Waals surface area contributed by atoms with Gasteiger partial charge in [0.15, 0.2) is 11.0 Å². The summed E-state index contributed by atoms with van der Waals surface area (Å²) in [7, 11) is 0. The Labute approximate surface area is 250 Å². The summed E-state index contributed by atoms with van der Waals surface area (Å²) in [6.07, 6.45) is -6.47. The Morgan fingerprint density at radius 3 is 2.40 bits per heavy atom. The normalized spacial score (nSPS) is 17.2. The number of hydrogen-bond donors (Lipinski definition) is 0. The Hall–Kier alpha value is -4.04. The van der Waals surface area contributed by atoms with E-state index in [0.717, 1.165) is 6.07 Å². The van der Waals surface area contributed by atoms with Gasteiger partial charge in [-0.05, 0) is 47.9 Å². The summed E-state index contributed by atoms with van der Waals surface area (Å²) in [6.45, 7) is 2.24. The number of benzene rings is 3. The van der Waals surface area contributed by atoms with E-state index < -0.39 is 18.1 Å². The number of para-hydroxylation sites is 1. The molecule has 7 nitrogen and oxygen atoms in total. The van der Waals surface area contributed by atoms with Gasteiger partial charge in [-0.15, -0.1) is 23.4 Å². The van der Waals surface area contributed by atoms with Crippen molar-refractivity contribution in [3.05, 3.63) is 89.2 Å². The molecule has 0 bridgehead atoms.